The Bertz CT molecular complexity index is 927. The van der Waals surface area contributed by atoms with Crippen LogP contribution in [0.15, 0.2) is 53.9 Å². The number of rotatable bonds is 8. The van der Waals surface area contributed by atoms with Gasteiger partial charge >= 0.3 is 0 Å². The maximum atomic E-state index is 10.7. The molecule has 0 amide bonds. The van der Waals surface area contributed by atoms with E-state index in [4.69, 9.17) is 4.74 Å². The summed E-state index contributed by atoms with van der Waals surface area (Å²) in [4.78, 5) is 15.0. The summed E-state index contributed by atoms with van der Waals surface area (Å²) in [5, 5.41) is 13.2. The maximum absolute atomic E-state index is 10.7. The van der Waals surface area contributed by atoms with Gasteiger partial charge in [-0.15, -0.1) is 11.3 Å². The van der Waals surface area contributed by atoms with Gasteiger partial charge in [-0.1, -0.05) is 57.2 Å². The lowest BCUT2D eigenvalue weighted by Gasteiger charge is -2.23. The third-order valence-electron chi connectivity index (χ3n) is 5.00. The van der Waals surface area contributed by atoms with E-state index in [0.29, 0.717) is 12.3 Å². The molecule has 0 atom stereocenters. The molecular weight excluding hydrogens is 370 g/mol. The van der Waals surface area contributed by atoms with E-state index in [9.17, 15) is 9.90 Å². The van der Waals surface area contributed by atoms with Crippen LogP contribution in [0.5, 0.6) is 5.75 Å². The second-order valence-electron chi connectivity index (χ2n) is 7.44. The SMILES string of the molecule is CCC(C)(C)c1ccc(OCc2ccc(-c3nc(CC(=O)[O-])cs3)cc2)cc1. The molecule has 1 aromatic heterocycles. The van der Waals surface area contributed by atoms with Crippen molar-refractivity contribution < 1.29 is 14.6 Å². The first-order valence-electron chi connectivity index (χ1n) is 9.34. The van der Waals surface area contributed by atoms with Crippen molar-refractivity contribution in [3.8, 4) is 16.3 Å². The third-order valence-corrected chi connectivity index (χ3v) is 5.94. The number of benzene rings is 2. The quantitative estimate of drug-likeness (QED) is 0.569. The molecule has 0 aliphatic carbocycles. The molecule has 0 bridgehead atoms. The summed E-state index contributed by atoms with van der Waals surface area (Å²) in [6.45, 7) is 7.18. The number of carbonyl (C=O) groups is 1. The van der Waals surface area contributed by atoms with Crippen molar-refractivity contribution in [1.82, 2.24) is 4.98 Å². The third kappa shape index (κ3) is 4.98. The van der Waals surface area contributed by atoms with E-state index in [1.54, 1.807) is 5.38 Å². The highest BCUT2D eigenvalue weighted by atomic mass is 32.1. The molecule has 0 radical (unpaired) electrons. The molecule has 0 aliphatic heterocycles. The molecule has 28 heavy (non-hydrogen) atoms. The van der Waals surface area contributed by atoms with E-state index < -0.39 is 5.97 Å². The van der Waals surface area contributed by atoms with Crippen LogP contribution in [-0.2, 0) is 23.2 Å². The standard InChI is InChI=1S/C23H25NO3S/c1-4-23(2,3)18-9-11-20(12-10-18)27-14-16-5-7-17(8-6-16)22-24-19(15-28-22)13-21(25)26/h5-12,15H,4,13-14H2,1-3H3,(H,25,26)/p-1. The average Bonchev–Trinajstić information content (AvgIpc) is 3.15. The summed E-state index contributed by atoms with van der Waals surface area (Å²) in [6.07, 6.45) is 0.935. The van der Waals surface area contributed by atoms with Gasteiger partial charge in [0.05, 0.1) is 5.69 Å². The van der Waals surface area contributed by atoms with Gasteiger partial charge < -0.3 is 14.6 Å². The van der Waals surface area contributed by atoms with Gasteiger partial charge in [0.15, 0.2) is 0 Å². The first kappa shape index (κ1) is 20.1. The molecule has 3 aromatic rings. The zero-order chi connectivity index (χ0) is 20.1. The first-order valence-corrected chi connectivity index (χ1v) is 10.2. The fraction of sp³-hybridized carbons (Fsp3) is 0.304. The van der Waals surface area contributed by atoms with Crippen molar-refractivity contribution in [3.63, 3.8) is 0 Å². The van der Waals surface area contributed by atoms with Crippen LogP contribution in [0.4, 0.5) is 0 Å². The topological polar surface area (TPSA) is 62.2 Å². The summed E-state index contributed by atoms with van der Waals surface area (Å²) in [5.41, 5.74) is 4.04. The molecule has 0 fully saturated rings. The maximum Gasteiger partial charge on any atom is 0.123 e. The minimum absolute atomic E-state index is 0.156. The number of aliphatic carboxylic acids is 1. The van der Waals surface area contributed by atoms with Crippen LogP contribution in [0.2, 0.25) is 0 Å². The summed E-state index contributed by atoms with van der Waals surface area (Å²) in [5.74, 6) is -0.262. The Morgan fingerprint density at radius 1 is 1.11 bits per heavy atom. The van der Waals surface area contributed by atoms with E-state index in [2.05, 4.69) is 37.9 Å². The van der Waals surface area contributed by atoms with Gasteiger partial charge in [-0.25, -0.2) is 4.98 Å². The molecule has 0 spiro atoms. The molecule has 3 rings (SSSR count). The lowest BCUT2D eigenvalue weighted by Crippen LogP contribution is -2.24. The van der Waals surface area contributed by atoms with Gasteiger partial charge in [0, 0.05) is 23.3 Å². The monoisotopic (exact) mass is 394 g/mol. The molecule has 0 saturated heterocycles. The Morgan fingerprint density at radius 2 is 1.79 bits per heavy atom. The average molecular weight is 395 g/mol. The number of carbonyl (C=O) groups excluding carboxylic acids is 1. The molecule has 5 heteroatoms. The zero-order valence-electron chi connectivity index (χ0n) is 16.4. The van der Waals surface area contributed by atoms with Crippen molar-refractivity contribution in [3.05, 3.63) is 70.7 Å². The van der Waals surface area contributed by atoms with Gasteiger partial charge in [-0.2, -0.15) is 0 Å². The van der Waals surface area contributed by atoms with Gasteiger partial charge in [-0.3, -0.25) is 0 Å². The largest absolute Gasteiger partial charge is 0.550 e. The Kier molecular flexibility index (Phi) is 6.15. The van der Waals surface area contributed by atoms with Gasteiger partial charge in [0.1, 0.15) is 17.4 Å². The van der Waals surface area contributed by atoms with Crippen LogP contribution in [0.3, 0.4) is 0 Å². The van der Waals surface area contributed by atoms with E-state index >= 15 is 0 Å². The lowest BCUT2D eigenvalue weighted by atomic mass is 9.82. The molecule has 4 nitrogen and oxygen atoms in total. The fourth-order valence-electron chi connectivity index (χ4n) is 2.79. The van der Waals surface area contributed by atoms with Crippen molar-refractivity contribution in [1.29, 1.82) is 0 Å². The number of carboxylic acid groups (broad SMARTS) is 1. The van der Waals surface area contributed by atoms with Crippen molar-refractivity contribution in [2.24, 2.45) is 0 Å². The second kappa shape index (κ2) is 8.57. The van der Waals surface area contributed by atoms with Crippen LogP contribution < -0.4 is 9.84 Å². The van der Waals surface area contributed by atoms with E-state index in [0.717, 1.165) is 28.3 Å². The summed E-state index contributed by atoms with van der Waals surface area (Å²) < 4.78 is 5.90. The van der Waals surface area contributed by atoms with Crippen LogP contribution >= 0.6 is 11.3 Å². The predicted molar refractivity (Wildman–Crippen MR) is 110 cm³/mol. The van der Waals surface area contributed by atoms with Gasteiger partial charge in [0.2, 0.25) is 0 Å². The first-order chi connectivity index (χ1) is 13.4. The zero-order valence-corrected chi connectivity index (χ0v) is 17.2. The molecule has 0 saturated carbocycles. The Labute approximate surface area is 169 Å². The van der Waals surface area contributed by atoms with Crippen LogP contribution in [0.1, 0.15) is 44.0 Å². The van der Waals surface area contributed by atoms with E-state index in [1.165, 1.54) is 16.9 Å². The number of hydrogen-bond donors (Lipinski definition) is 0. The minimum Gasteiger partial charge on any atom is -0.550 e. The highest BCUT2D eigenvalue weighted by Gasteiger charge is 2.17. The summed E-state index contributed by atoms with van der Waals surface area (Å²) in [6, 6.07) is 16.3. The lowest BCUT2D eigenvalue weighted by molar-refractivity contribution is -0.304. The van der Waals surface area contributed by atoms with E-state index in [-0.39, 0.29) is 11.8 Å². The smallest absolute Gasteiger partial charge is 0.123 e. The number of carboxylic acids is 1. The number of nitrogens with zero attached hydrogens (tertiary/aromatic N) is 1. The molecule has 2 aromatic carbocycles. The molecule has 0 N–H and O–H groups in total. The molecule has 146 valence electrons. The van der Waals surface area contributed by atoms with Gasteiger partial charge in [0.25, 0.3) is 0 Å². The van der Waals surface area contributed by atoms with Crippen molar-refractivity contribution in [2.75, 3.05) is 0 Å². The van der Waals surface area contributed by atoms with Crippen LogP contribution in [-0.4, -0.2) is 11.0 Å². The molecule has 1 heterocycles. The van der Waals surface area contributed by atoms with Crippen LogP contribution in [0, 0.1) is 0 Å². The van der Waals surface area contributed by atoms with Crippen molar-refractivity contribution >= 4 is 17.3 Å². The minimum atomic E-state index is -1.12. The molecule has 0 aliphatic rings. The van der Waals surface area contributed by atoms with Gasteiger partial charge in [-0.05, 0) is 35.1 Å². The second-order valence-corrected chi connectivity index (χ2v) is 8.30. The number of aromatic nitrogens is 1. The highest BCUT2D eigenvalue weighted by molar-refractivity contribution is 7.13. The predicted octanol–water partition coefficient (Wildman–Crippen LogP) is 4.37. The number of hydrogen-bond acceptors (Lipinski definition) is 5. The fourth-order valence-corrected chi connectivity index (χ4v) is 3.61. The Morgan fingerprint density at radius 3 is 2.39 bits per heavy atom. The molecule has 0 unspecified atom stereocenters. The Balaban J connectivity index is 1.60. The van der Waals surface area contributed by atoms with Crippen molar-refractivity contribution in [2.45, 2.75) is 45.6 Å². The summed E-state index contributed by atoms with van der Waals surface area (Å²) in [7, 11) is 0. The summed E-state index contributed by atoms with van der Waals surface area (Å²) >= 11 is 1.43. The molecular formula is C23H24NO3S-. The highest BCUT2D eigenvalue weighted by Crippen LogP contribution is 2.28. The number of thiazole rings is 1. The normalized spacial score (nSPS) is 11.4. The van der Waals surface area contributed by atoms with Crippen LogP contribution in [0.25, 0.3) is 10.6 Å². The number of ether oxygens (including phenoxy) is 1. The van der Waals surface area contributed by atoms with E-state index in [1.807, 2.05) is 36.4 Å². The Hall–Kier alpha value is -2.66.